The van der Waals surface area contributed by atoms with E-state index in [9.17, 15) is 14.9 Å². The van der Waals surface area contributed by atoms with Gasteiger partial charge in [0.2, 0.25) is 0 Å². The van der Waals surface area contributed by atoms with Gasteiger partial charge in [0, 0.05) is 17.5 Å². The predicted octanol–water partition coefficient (Wildman–Crippen LogP) is 2.35. The van der Waals surface area contributed by atoms with Crippen molar-refractivity contribution in [2.75, 3.05) is 19.7 Å². The van der Waals surface area contributed by atoms with Crippen molar-refractivity contribution in [2.45, 2.75) is 25.9 Å². The maximum atomic E-state index is 12.7. The number of allylic oxidation sites excluding steroid dienone is 1. The molecule has 24 heavy (non-hydrogen) atoms. The average molecular weight is 324 g/mol. The average Bonchev–Trinajstić information content (AvgIpc) is 2.58. The SMILES string of the molecule is CC1(C)CC2(C=C(C#N)C1=O)CN(C(=O)c1ccccc1)CCO2. The van der Waals surface area contributed by atoms with Gasteiger partial charge in [0.15, 0.2) is 5.78 Å². The number of carbonyl (C=O) groups excluding carboxylic acids is 2. The zero-order chi connectivity index (χ0) is 17.4. The third-order valence-corrected chi connectivity index (χ3v) is 4.65. The summed E-state index contributed by atoms with van der Waals surface area (Å²) in [6.07, 6.45) is 2.08. The summed E-state index contributed by atoms with van der Waals surface area (Å²) in [5, 5.41) is 9.29. The smallest absolute Gasteiger partial charge is 0.254 e. The summed E-state index contributed by atoms with van der Waals surface area (Å²) in [5.41, 5.74) is -0.700. The van der Waals surface area contributed by atoms with Crippen molar-refractivity contribution in [3.8, 4) is 6.07 Å². The van der Waals surface area contributed by atoms with Gasteiger partial charge >= 0.3 is 0 Å². The number of nitriles is 1. The molecule has 124 valence electrons. The number of ether oxygens (including phenoxy) is 1. The van der Waals surface area contributed by atoms with Crippen molar-refractivity contribution in [2.24, 2.45) is 5.41 Å². The zero-order valence-corrected chi connectivity index (χ0v) is 13.9. The Morgan fingerprint density at radius 1 is 1.29 bits per heavy atom. The Hall–Kier alpha value is -2.45. The second kappa shape index (κ2) is 5.88. The highest BCUT2D eigenvalue weighted by Gasteiger charge is 2.48. The first-order chi connectivity index (χ1) is 11.4. The number of morpholine rings is 1. The Morgan fingerprint density at radius 3 is 2.67 bits per heavy atom. The van der Waals surface area contributed by atoms with Crippen LogP contribution in [0.4, 0.5) is 0 Å². The molecule has 1 atom stereocenters. The van der Waals surface area contributed by atoms with Gasteiger partial charge in [-0.05, 0) is 24.6 Å². The molecule has 0 saturated carbocycles. The van der Waals surface area contributed by atoms with Gasteiger partial charge in [0.05, 0.1) is 18.7 Å². The van der Waals surface area contributed by atoms with E-state index >= 15 is 0 Å². The standard InChI is InChI=1S/C19H20N2O3/c1-18(2)12-19(10-15(11-20)16(18)22)13-21(8-9-24-19)17(23)14-6-4-3-5-7-14/h3-7,10H,8-9,12-13H2,1-2H3. The third-order valence-electron chi connectivity index (χ3n) is 4.65. The van der Waals surface area contributed by atoms with E-state index in [4.69, 9.17) is 4.74 Å². The van der Waals surface area contributed by atoms with E-state index in [0.717, 1.165) is 0 Å². The molecular formula is C19H20N2O3. The minimum Gasteiger partial charge on any atom is -0.367 e. The van der Waals surface area contributed by atoms with Crippen LogP contribution in [0.3, 0.4) is 0 Å². The number of carbonyl (C=O) groups is 2. The number of hydrogen-bond acceptors (Lipinski definition) is 4. The van der Waals surface area contributed by atoms with Crippen molar-refractivity contribution in [1.82, 2.24) is 4.90 Å². The van der Waals surface area contributed by atoms with Gasteiger partial charge in [0.25, 0.3) is 5.91 Å². The van der Waals surface area contributed by atoms with Crippen LogP contribution in [0.5, 0.6) is 0 Å². The maximum Gasteiger partial charge on any atom is 0.254 e. The monoisotopic (exact) mass is 324 g/mol. The summed E-state index contributed by atoms with van der Waals surface area (Å²) in [6.45, 7) is 4.88. The van der Waals surface area contributed by atoms with Crippen LogP contribution in [0, 0.1) is 16.7 Å². The fourth-order valence-electron chi connectivity index (χ4n) is 3.59. The fourth-order valence-corrected chi connectivity index (χ4v) is 3.59. The Balaban J connectivity index is 1.90. The van der Waals surface area contributed by atoms with Crippen LogP contribution in [-0.4, -0.2) is 41.9 Å². The number of amides is 1. The molecule has 0 radical (unpaired) electrons. The predicted molar refractivity (Wildman–Crippen MR) is 88.1 cm³/mol. The Labute approximate surface area is 141 Å². The van der Waals surface area contributed by atoms with E-state index in [0.29, 0.717) is 31.7 Å². The van der Waals surface area contributed by atoms with Crippen LogP contribution in [0.25, 0.3) is 0 Å². The van der Waals surface area contributed by atoms with Gasteiger partial charge in [-0.3, -0.25) is 9.59 Å². The molecule has 1 aliphatic heterocycles. The van der Waals surface area contributed by atoms with Crippen molar-refractivity contribution < 1.29 is 14.3 Å². The summed E-state index contributed by atoms with van der Waals surface area (Å²) in [4.78, 5) is 26.8. The normalized spacial score (nSPS) is 26.0. The number of nitrogens with zero attached hydrogens (tertiary/aromatic N) is 2. The number of rotatable bonds is 1. The first kappa shape index (κ1) is 16.4. The van der Waals surface area contributed by atoms with E-state index < -0.39 is 11.0 Å². The van der Waals surface area contributed by atoms with Crippen molar-refractivity contribution in [1.29, 1.82) is 5.26 Å². The van der Waals surface area contributed by atoms with Gasteiger partial charge < -0.3 is 9.64 Å². The van der Waals surface area contributed by atoms with Crippen LogP contribution >= 0.6 is 0 Å². The molecule has 1 aliphatic carbocycles. The molecule has 1 saturated heterocycles. The lowest BCUT2D eigenvalue weighted by Gasteiger charge is -2.46. The van der Waals surface area contributed by atoms with Gasteiger partial charge in [-0.1, -0.05) is 32.0 Å². The number of hydrogen-bond donors (Lipinski definition) is 0. The lowest BCUT2D eigenvalue weighted by molar-refractivity contribution is -0.134. The van der Waals surface area contributed by atoms with Gasteiger partial charge in [-0.25, -0.2) is 0 Å². The maximum absolute atomic E-state index is 12.7. The van der Waals surface area contributed by atoms with Gasteiger partial charge in [0.1, 0.15) is 11.7 Å². The van der Waals surface area contributed by atoms with E-state index in [1.54, 1.807) is 23.1 Å². The first-order valence-corrected chi connectivity index (χ1v) is 8.03. The lowest BCUT2D eigenvalue weighted by Crippen LogP contribution is -2.57. The van der Waals surface area contributed by atoms with Crippen LogP contribution in [-0.2, 0) is 9.53 Å². The molecule has 5 nitrogen and oxygen atoms in total. The highest BCUT2D eigenvalue weighted by molar-refractivity contribution is 6.04. The molecule has 0 aromatic heterocycles. The minimum absolute atomic E-state index is 0.0557. The summed E-state index contributed by atoms with van der Waals surface area (Å²) in [5.74, 6) is -0.217. The molecule has 1 amide bonds. The van der Waals surface area contributed by atoms with Crippen LogP contribution < -0.4 is 0 Å². The quantitative estimate of drug-likeness (QED) is 0.795. The first-order valence-electron chi connectivity index (χ1n) is 8.03. The third kappa shape index (κ3) is 2.85. The fraction of sp³-hybridized carbons (Fsp3) is 0.421. The molecule has 1 aromatic carbocycles. The zero-order valence-electron chi connectivity index (χ0n) is 13.9. The number of ketones is 1. The van der Waals surface area contributed by atoms with Crippen molar-refractivity contribution in [3.05, 3.63) is 47.5 Å². The molecule has 0 bridgehead atoms. The number of benzene rings is 1. The molecule has 1 aromatic rings. The summed E-state index contributed by atoms with van der Waals surface area (Å²) in [7, 11) is 0. The van der Waals surface area contributed by atoms with E-state index in [-0.39, 0.29) is 17.3 Å². The second-order valence-corrected chi connectivity index (χ2v) is 7.07. The summed E-state index contributed by atoms with van der Waals surface area (Å²) in [6, 6.07) is 11.1. The summed E-state index contributed by atoms with van der Waals surface area (Å²) >= 11 is 0. The van der Waals surface area contributed by atoms with E-state index in [1.165, 1.54) is 0 Å². The molecule has 5 heteroatoms. The molecule has 1 unspecified atom stereocenters. The van der Waals surface area contributed by atoms with E-state index in [2.05, 4.69) is 0 Å². The highest BCUT2D eigenvalue weighted by Crippen LogP contribution is 2.41. The minimum atomic E-state index is -0.773. The molecule has 1 heterocycles. The molecular weight excluding hydrogens is 304 g/mol. The topological polar surface area (TPSA) is 70.4 Å². The molecule has 2 aliphatic rings. The number of Topliss-reactive ketones (excluding diaryl/α,β-unsaturated/α-hetero) is 1. The largest absolute Gasteiger partial charge is 0.367 e. The van der Waals surface area contributed by atoms with Crippen molar-refractivity contribution in [3.63, 3.8) is 0 Å². The summed E-state index contributed by atoms with van der Waals surface area (Å²) < 4.78 is 5.97. The molecule has 1 spiro atoms. The molecule has 3 rings (SSSR count). The lowest BCUT2D eigenvalue weighted by atomic mass is 9.69. The van der Waals surface area contributed by atoms with Crippen LogP contribution in [0.15, 0.2) is 42.0 Å². The Bertz CT molecular complexity index is 746. The second-order valence-electron chi connectivity index (χ2n) is 7.07. The van der Waals surface area contributed by atoms with Crippen LogP contribution in [0.1, 0.15) is 30.6 Å². The van der Waals surface area contributed by atoms with Crippen molar-refractivity contribution >= 4 is 11.7 Å². The Kier molecular flexibility index (Phi) is 4.02. The Morgan fingerprint density at radius 2 is 2.00 bits per heavy atom. The van der Waals surface area contributed by atoms with E-state index in [1.807, 2.05) is 38.1 Å². The molecule has 0 N–H and O–H groups in total. The van der Waals surface area contributed by atoms with Crippen LogP contribution in [0.2, 0.25) is 0 Å². The van der Waals surface area contributed by atoms with Gasteiger partial charge in [-0.2, -0.15) is 5.26 Å². The highest BCUT2D eigenvalue weighted by atomic mass is 16.5. The van der Waals surface area contributed by atoms with Gasteiger partial charge in [-0.15, -0.1) is 0 Å². The molecule has 1 fully saturated rings.